The maximum absolute atomic E-state index is 6.48. The van der Waals surface area contributed by atoms with Crippen LogP contribution in [0.3, 0.4) is 0 Å². The molecule has 0 saturated carbocycles. The average molecular weight is 512 g/mol. The van der Waals surface area contributed by atoms with Gasteiger partial charge in [0.05, 0.1) is 18.4 Å². The molecule has 3 aliphatic heterocycles. The zero-order chi connectivity index (χ0) is 20.2. The Hall–Kier alpha value is -1.04. The van der Waals surface area contributed by atoms with Crippen molar-refractivity contribution in [3.05, 3.63) is 9.39 Å². The molecule has 3 aliphatic rings. The molecule has 0 amide bonds. The molecule has 8 nitrogen and oxygen atoms in total. The lowest BCUT2D eigenvalue weighted by molar-refractivity contribution is -0.0372. The number of rotatable bonds is 2. The molecule has 3 fully saturated rings. The third-order valence-electron chi connectivity index (χ3n) is 6.97. The highest BCUT2D eigenvalue weighted by atomic mass is 127. The van der Waals surface area contributed by atoms with Crippen LogP contribution in [0, 0.1) is 16.0 Å². The van der Waals surface area contributed by atoms with E-state index in [2.05, 4.69) is 34.4 Å². The number of hydrogen-bond donors (Lipinski definition) is 1. The smallest absolute Gasteiger partial charge is 0.182 e. The van der Waals surface area contributed by atoms with Gasteiger partial charge in [-0.05, 0) is 68.5 Å². The molecular formula is C20H29IN6O2. The minimum Gasteiger partial charge on any atom is -0.376 e. The second-order valence-corrected chi connectivity index (χ2v) is 9.77. The number of hydrogen-bond acceptors (Lipinski definition) is 7. The minimum atomic E-state index is -0.0422. The normalized spacial score (nSPS) is 29.8. The van der Waals surface area contributed by atoms with Crippen LogP contribution < -0.4 is 10.6 Å². The van der Waals surface area contributed by atoms with Crippen molar-refractivity contribution in [1.82, 2.24) is 19.7 Å². The molecule has 0 radical (unpaired) electrons. The molecule has 9 heteroatoms. The van der Waals surface area contributed by atoms with E-state index in [0.717, 1.165) is 84.8 Å². The highest BCUT2D eigenvalue weighted by Gasteiger charge is 2.47. The van der Waals surface area contributed by atoms with Crippen LogP contribution in [-0.2, 0) is 9.47 Å². The van der Waals surface area contributed by atoms with Crippen molar-refractivity contribution in [2.45, 2.75) is 64.3 Å². The summed E-state index contributed by atoms with van der Waals surface area (Å²) in [5.74, 6) is 0.959. The van der Waals surface area contributed by atoms with Gasteiger partial charge in [-0.3, -0.25) is 0 Å². The van der Waals surface area contributed by atoms with Gasteiger partial charge in [0.1, 0.15) is 5.52 Å². The van der Waals surface area contributed by atoms with Gasteiger partial charge in [-0.1, -0.05) is 0 Å². The van der Waals surface area contributed by atoms with Gasteiger partial charge in [0.2, 0.25) is 0 Å². The van der Waals surface area contributed by atoms with Crippen molar-refractivity contribution in [1.29, 1.82) is 0 Å². The third kappa shape index (κ3) is 3.34. The molecule has 2 aromatic heterocycles. The molecule has 5 heterocycles. The first-order valence-electron chi connectivity index (χ1n) is 10.6. The fraction of sp³-hybridized carbons (Fsp3) is 0.750. The van der Waals surface area contributed by atoms with E-state index in [9.17, 15) is 0 Å². The van der Waals surface area contributed by atoms with Gasteiger partial charge in [0.25, 0.3) is 0 Å². The van der Waals surface area contributed by atoms with E-state index < -0.39 is 0 Å². The first kappa shape index (κ1) is 19.9. The van der Waals surface area contributed by atoms with E-state index in [4.69, 9.17) is 30.3 Å². The predicted octanol–water partition coefficient (Wildman–Crippen LogP) is 2.77. The maximum atomic E-state index is 6.48. The molecule has 3 saturated heterocycles. The van der Waals surface area contributed by atoms with Crippen molar-refractivity contribution in [2.75, 3.05) is 31.2 Å². The van der Waals surface area contributed by atoms with Crippen LogP contribution in [0.1, 0.15) is 50.9 Å². The summed E-state index contributed by atoms with van der Waals surface area (Å²) >= 11 is 2.25. The van der Waals surface area contributed by atoms with Gasteiger partial charge in [0.15, 0.2) is 21.4 Å². The number of aromatic nitrogens is 4. The van der Waals surface area contributed by atoms with Crippen molar-refractivity contribution in [3.63, 3.8) is 0 Å². The zero-order valence-electron chi connectivity index (χ0n) is 17.1. The molecule has 1 unspecified atom stereocenters. The highest BCUT2D eigenvalue weighted by Crippen LogP contribution is 2.42. The van der Waals surface area contributed by atoms with Crippen LogP contribution in [0.2, 0.25) is 0 Å². The van der Waals surface area contributed by atoms with Crippen molar-refractivity contribution in [3.8, 4) is 0 Å². The lowest BCUT2D eigenvalue weighted by atomic mass is 9.73. The molecular weight excluding hydrogens is 483 g/mol. The van der Waals surface area contributed by atoms with E-state index in [0.29, 0.717) is 0 Å². The summed E-state index contributed by atoms with van der Waals surface area (Å²) in [5.41, 5.74) is 9.24. The van der Waals surface area contributed by atoms with E-state index in [1.165, 1.54) is 0 Å². The maximum Gasteiger partial charge on any atom is 0.182 e. The Balaban J connectivity index is 1.44. The van der Waals surface area contributed by atoms with Gasteiger partial charge >= 0.3 is 0 Å². The van der Waals surface area contributed by atoms with Gasteiger partial charge < -0.3 is 20.1 Å². The van der Waals surface area contributed by atoms with E-state index >= 15 is 0 Å². The number of piperidine rings is 1. The molecule has 5 rings (SSSR count). The number of aryl methyl sites for hydroxylation is 1. The molecule has 3 atom stereocenters. The van der Waals surface area contributed by atoms with E-state index in [1.54, 1.807) is 0 Å². The van der Waals surface area contributed by atoms with Crippen LogP contribution >= 0.6 is 22.6 Å². The number of anilines is 1. The summed E-state index contributed by atoms with van der Waals surface area (Å²) in [7, 11) is 0. The van der Waals surface area contributed by atoms with Crippen molar-refractivity contribution in [2.24, 2.45) is 11.1 Å². The fourth-order valence-electron chi connectivity index (χ4n) is 5.04. The summed E-state index contributed by atoms with van der Waals surface area (Å²) in [6, 6.07) is 0.116. The molecule has 1 spiro atoms. The van der Waals surface area contributed by atoms with Crippen molar-refractivity contribution < 1.29 is 9.47 Å². The number of nitrogens with zero attached hydrogens (tertiary/aromatic N) is 5. The second kappa shape index (κ2) is 7.58. The van der Waals surface area contributed by atoms with Crippen LogP contribution in [0.4, 0.5) is 5.82 Å². The van der Waals surface area contributed by atoms with Gasteiger partial charge in [-0.25, -0.2) is 14.6 Å². The third-order valence-corrected chi connectivity index (χ3v) is 7.70. The van der Waals surface area contributed by atoms with E-state index in [1.807, 2.05) is 11.6 Å². The molecule has 0 aliphatic carbocycles. The molecule has 158 valence electrons. The van der Waals surface area contributed by atoms with Crippen molar-refractivity contribution >= 4 is 39.6 Å². The Morgan fingerprint density at radius 3 is 2.62 bits per heavy atom. The first-order chi connectivity index (χ1) is 14.0. The Bertz CT molecular complexity index is 904. The average Bonchev–Trinajstić information content (AvgIpc) is 3.21. The zero-order valence-corrected chi connectivity index (χ0v) is 19.3. The van der Waals surface area contributed by atoms with Crippen LogP contribution in [0.5, 0.6) is 0 Å². The van der Waals surface area contributed by atoms with Crippen LogP contribution in [0.25, 0.3) is 11.2 Å². The topological polar surface area (TPSA) is 91.3 Å². The number of halogens is 1. The Labute approximate surface area is 184 Å². The minimum absolute atomic E-state index is 0.0422. The highest BCUT2D eigenvalue weighted by molar-refractivity contribution is 14.1. The standard InChI is InChI=1S/C20H29IN6O2/c1-12-18(26-8-6-20(7-9-26)11-29-13(2)16(20)22)24-19-15(23-12)17(21)25-27(19)14-5-3-4-10-28-14/h13-14,16H,3-11,22H2,1-2H3/t13-,14?,16+/m0/s1. The summed E-state index contributed by atoms with van der Waals surface area (Å²) in [6.45, 7) is 7.54. The summed E-state index contributed by atoms with van der Waals surface area (Å²) in [5, 5.41) is 4.72. The van der Waals surface area contributed by atoms with E-state index in [-0.39, 0.29) is 23.8 Å². The van der Waals surface area contributed by atoms with Gasteiger partial charge in [-0.15, -0.1) is 0 Å². The number of ether oxygens (including phenoxy) is 2. The summed E-state index contributed by atoms with van der Waals surface area (Å²) in [6.07, 6.45) is 5.40. The SMILES string of the molecule is Cc1nc2c(I)nn(C3CCCCO3)c2nc1N1CCC2(CC1)CO[C@@H](C)[C@H]2N. The Morgan fingerprint density at radius 1 is 1.17 bits per heavy atom. The Morgan fingerprint density at radius 2 is 1.97 bits per heavy atom. The lowest BCUT2D eigenvalue weighted by Crippen LogP contribution is -2.50. The molecule has 2 N–H and O–H groups in total. The number of nitrogens with two attached hydrogens (primary N) is 1. The molecule has 0 bridgehead atoms. The molecule has 29 heavy (non-hydrogen) atoms. The Kier molecular flexibility index (Phi) is 5.20. The number of fused-ring (bicyclic) bond motifs is 1. The monoisotopic (exact) mass is 512 g/mol. The van der Waals surface area contributed by atoms with Gasteiger partial charge in [-0.2, -0.15) is 5.10 Å². The first-order valence-corrected chi connectivity index (χ1v) is 11.7. The van der Waals surface area contributed by atoms with Crippen LogP contribution in [0.15, 0.2) is 0 Å². The summed E-state index contributed by atoms with van der Waals surface area (Å²) < 4.78 is 14.7. The van der Waals surface area contributed by atoms with Gasteiger partial charge in [0, 0.05) is 31.2 Å². The predicted molar refractivity (Wildman–Crippen MR) is 119 cm³/mol. The summed E-state index contributed by atoms with van der Waals surface area (Å²) in [4.78, 5) is 12.3. The molecule has 0 aromatic carbocycles. The second-order valence-electron chi connectivity index (χ2n) is 8.75. The van der Waals surface area contributed by atoms with Crippen LogP contribution in [-0.4, -0.2) is 58.2 Å². The fourth-order valence-corrected chi connectivity index (χ4v) is 5.64. The lowest BCUT2D eigenvalue weighted by Gasteiger charge is -2.41. The largest absolute Gasteiger partial charge is 0.376 e. The molecule has 2 aromatic rings. The quantitative estimate of drug-likeness (QED) is 0.619.